The lowest BCUT2D eigenvalue weighted by molar-refractivity contribution is -0.143. The number of hydrogen-bond acceptors (Lipinski definition) is 5. The molecule has 90 heavy (non-hydrogen) atoms. The number of esters is 1. The maximum absolute atomic E-state index is 12.6. The third kappa shape index (κ3) is 75.1. The largest absolute Gasteiger partial charge is 0.466 e. The van der Waals surface area contributed by atoms with Gasteiger partial charge in [-0.2, -0.15) is 0 Å². The summed E-state index contributed by atoms with van der Waals surface area (Å²) in [6.45, 7) is 4.96. The Morgan fingerprint density at radius 1 is 0.311 bits per heavy atom. The molecule has 0 rings (SSSR count). The van der Waals surface area contributed by atoms with Crippen LogP contribution in [0.3, 0.4) is 0 Å². The number of allylic oxidation sites excluding steroid dienone is 6. The summed E-state index contributed by atoms with van der Waals surface area (Å²) in [6, 6.07) is -0.539. The number of amides is 1. The molecule has 0 aromatic rings. The maximum atomic E-state index is 12.6. The molecule has 0 aliphatic carbocycles. The Bertz CT molecular complexity index is 1460. The van der Waals surface area contributed by atoms with E-state index in [0.717, 1.165) is 51.4 Å². The van der Waals surface area contributed by atoms with Gasteiger partial charge in [0.15, 0.2) is 0 Å². The number of ether oxygens (including phenoxy) is 1. The van der Waals surface area contributed by atoms with Gasteiger partial charge in [-0.3, -0.25) is 9.59 Å². The number of aliphatic hydroxyl groups excluding tert-OH is 2. The monoisotopic (exact) mass is 1260 g/mol. The summed E-state index contributed by atoms with van der Waals surface area (Å²) in [7, 11) is 0. The SMILES string of the molecule is CCCC/C=C\C/C=C\CCCCCCCC(=O)OCCCCCCCCCCCCCCCCCCCC/C=C\CCCCCCCCCCCCCCCCCCCC(=O)NC(CO)C(O)CCCCCCCCCCCCCCCCCCCCCC. The van der Waals surface area contributed by atoms with Gasteiger partial charge in [0, 0.05) is 12.8 Å². The average molecular weight is 1270 g/mol. The molecule has 0 heterocycles. The van der Waals surface area contributed by atoms with Gasteiger partial charge in [-0.25, -0.2) is 0 Å². The minimum Gasteiger partial charge on any atom is -0.466 e. The molecule has 0 aliphatic rings. The van der Waals surface area contributed by atoms with Gasteiger partial charge in [0.1, 0.15) is 0 Å². The standard InChI is InChI=1S/C84H161NO5/c1-3-5-7-9-11-13-15-17-19-20-21-43-46-49-52-56-60-64-68-72-76-82(87)81(80-86)85-83(88)77-73-69-65-61-57-53-50-47-44-41-39-37-35-33-31-29-27-25-23-22-24-26-28-30-32-34-36-38-40-42-45-48-51-55-59-63-67-71-75-79-90-84(89)78-74-70-66-62-58-54-18-16-14-12-10-8-6-4-2/h10,12,16,18,22-23,81-82,86-87H,3-9,11,13-15,17,19-21,24-80H2,1-2H3,(H,85,88)/b12-10-,18-16-,23-22-. The minimum atomic E-state index is -0.662. The van der Waals surface area contributed by atoms with Crippen LogP contribution < -0.4 is 5.32 Å². The quantitative estimate of drug-likeness (QED) is 0.0320. The molecule has 3 N–H and O–H groups in total. The summed E-state index contributed by atoms with van der Waals surface area (Å²) in [4.78, 5) is 24.6. The lowest BCUT2D eigenvalue weighted by Gasteiger charge is -2.22. The molecular weight excluding hydrogens is 1100 g/mol. The Hall–Kier alpha value is -1.92. The zero-order valence-electron chi connectivity index (χ0n) is 61.1. The van der Waals surface area contributed by atoms with E-state index >= 15 is 0 Å². The smallest absolute Gasteiger partial charge is 0.305 e. The Morgan fingerprint density at radius 3 is 0.889 bits per heavy atom. The number of unbranched alkanes of at least 4 members (excludes halogenated alkanes) is 61. The Labute approximate surface area is 564 Å². The van der Waals surface area contributed by atoms with E-state index in [9.17, 15) is 19.8 Å². The average Bonchev–Trinajstić information content (AvgIpc) is 3.68. The molecule has 0 aromatic heterocycles. The van der Waals surface area contributed by atoms with Crippen LogP contribution in [0.1, 0.15) is 463 Å². The van der Waals surface area contributed by atoms with Crippen molar-refractivity contribution in [2.24, 2.45) is 0 Å². The van der Waals surface area contributed by atoms with Crippen molar-refractivity contribution in [3.05, 3.63) is 36.5 Å². The highest BCUT2D eigenvalue weighted by Crippen LogP contribution is 2.20. The van der Waals surface area contributed by atoms with Crippen molar-refractivity contribution in [3.63, 3.8) is 0 Å². The molecule has 0 aromatic carbocycles. The zero-order chi connectivity index (χ0) is 64.9. The highest BCUT2D eigenvalue weighted by atomic mass is 16.5. The van der Waals surface area contributed by atoms with E-state index in [1.165, 1.54) is 379 Å². The topological polar surface area (TPSA) is 95.9 Å². The summed E-state index contributed by atoms with van der Waals surface area (Å²) >= 11 is 0. The molecule has 0 saturated heterocycles. The van der Waals surface area contributed by atoms with E-state index in [1.807, 2.05) is 0 Å². The molecule has 6 heteroatoms. The predicted molar refractivity (Wildman–Crippen MR) is 398 cm³/mol. The Balaban J connectivity index is 3.33. The highest BCUT2D eigenvalue weighted by molar-refractivity contribution is 5.76. The number of carbonyl (C=O) groups excluding carboxylic acids is 2. The molecule has 0 radical (unpaired) electrons. The van der Waals surface area contributed by atoms with Crippen molar-refractivity contribution < 1.29 is 24.5 Å². The second-order valence-electron chi connectivity index (χ2n) is 28.5. The number of nitrogens with one attached hydrogen (secondary N) is 1. The van der Waals surface area contributed by atoms with Crippen LogP contribution in [-0.2, 0) is 14.3 Å². The van der Waals surface area contributed by atoms with Crippen LogP contribution in [0.25, 0.3) is 0 Å². The van der Waals surface area contributed by atoms with Crippen LogP contribution in [0.15, 0.2) is 36.5 Å². The molecule has 0 aliphatic heterocycles. The highest BCUT2D eigenvalue weighted by Gasteiger charge is 2.20. The van der Waals surface area contributed by atoms with Gasteiger partial charge in [0.05, 0.1) is 25.4 Å². The van der Waals surface area contributed by atoms with Crippen molar-refractivity contribution in [2.45, 2.75) is 475 Å². The molecule has 0 saturated carbocycles. The Kier molecular flexibility index (Phi) is 77.8. The van der Waals surface area contributed by atoms with Gasteiger partial charge in [-0.15, -0.1) is 0 Å². The fourth-order valence-corrected chi connectivity index (χ4v) is 13.1. The number of hydrogen-bond donors (Lipinski definition) is 3. The van der Waals surface area contributed by atoms with Gasteiger partial charge in [0.2, 0.25) is 5.91 Å². The first-order valence-corrected chi connectivity index (χ1v) is 41.2. The third-order valence-electron chi connectivity index (χ3n) is 19.4. The van der Waals surface area contributed by atoms with Crippen molar-refractivity contribution in [1.82, 2.24) is 5.32 Å². The number of carbonyl (C=O) groups is 2. The molecule has 2 atom stereocenters. The fraction of sp³-hybridized carbons (Fsp3) is 0.905. The van der Waals surface area contributed by atoms with Gasteiger partial charge in [0.25, 0.3) is 0 Å². The summed E-state index contributed by atoms with van der Waals surface area (Å²) in [5.74, 6) is -0.0172. The fourth-order valence-electron chi connectivity index (χ4n) is 13.1. The second-order valence-corrected chi connectivity index (χ2v) is 28.5. The van der Waals surface area contributed by atoms with Crippen LogP contribution in [-0.4, -0.2) is 47.4 Å². The summed E-state index contributed by atoms with van der Waals surface area (Å²) in [5, 5.41) is 23.5. The number of aliphatic hydroxyl groups is 2. The summed E-state index contributed by atoms with van der Waals surface area (Å²) in [6.07, 6.45) is 104. The molecule has 6 nitrogen and oxygen atoms in total. The third-order valence-corrected chi connectivity index (χ3v) is 19.4. The van der Waals surface area contributed by atoms with Crippen molar-refractivity contribution in [2.75, 3.05) is 13.2 Å². The molecule has 0 spiro atoms. The van der Waals surface area contributed by atoms with Crippen molar-refractivity contribution in [3.8, 4) is 0 Å². The normalized spacial score (nSPS) is 12.6. The van der Waals surface area contributed by atoms with Crippen molar-refractivity contribution in [1.29, 1.82) is 0 Å². The molecule has 532 valence electrons. The molecule has 0 bridgehead atoms. The number of rotatable bonds is 78. The van der Waals surface area contributed by atoms with Crippen molar-refractivity contribution >= 4 is 11.9 Å². The van der Waals surface area contributed by atoms with Crippen LogP contribution in [0.4, 0.5) is 0 Å². The second kappa shape index (κ2) is 79.5. The van der Waals surface area contributed by atoms with E-state index < -0.39 is 12.1 Å². The lowest BCUT2D eigenvalue weighted by Crippen LogP contribution is -2.45. The van der Waals surface area contributed by atoms with Crippen LogP contribution >= 0.6 is 0 Å². The first kappa shape index (κ1) is 88.1. The van der Waals surface area contributed by atoms with Crippen LogP contribution in [0.2, 0.25) is 0 Å². The summed E-state index contributed by atoms with van der Waals surface area (Å²) in [5.41, 5.74) is 0. The molecule has 2 unspecified atom stereocenters. The predicted octanol–water partition coefficient (Wildman–Crippen LogP) is 27.4. The van der Waals surface area contributed by atoms with E-state index in [-0.39, 0.29) is 18.5 Å². The van der Waals surface area contributed by atoms with Gasteiger partial charge >= 0.3 is 5.97 Å². The van der Waals surface area contributed by atoms with E-state index in [0.29, 0.717) is 25.9 Å². The van der Waals surface area contributed by atoms with E-state index in [1.54, 1.807) is 0 Å². The molecule has 0 fully saturated rings. The zero-order valence-corrected chi connectivity index (χ0v) is 61.1. The van der Waals surface area contributed by atoms with Gasteiger partial charge in [-0.05, 0) is 77.0 Å². The van der Waals surface area contributed by atoms with E-state index in [4.69, 9.17) is 4.74 Å². The van der Waals surface area contributed by atoms with Gasteiger partial charge in [-0.1, -0.05) is 410 Å². The summed E-state index contributed by atoms with van der Waals surface area (Å²) < 4.78 is 5.49. The van der Waals surface area contributed by atoms with Crippen LogP contribution in [0, 0.1) is 0 Å². The maximum Gasteiger partial charge on any atom is 0.305 e. The van der Waals surface area contributed by atoms with Crippen LogP contribution in [0.5, 0.6) is 0 Å². The lowest BCUT2D eigenvalue weighted by atomic mass is 10.0. The van der Waals surface area contributed by atoms with E-state index in [2.05, 4.69) is 55.6 Å². The first-order valence-electron chi connectivity index (χ1n) is 41.2. The first-order chi connectivity index (χ1) is 44.5. The minimum absolute atomic E-state index is 0.00839. The van der Waals surface area contributed by atoms with Gasteiger partial charge < -0.3 is 20.3 Å². The Morgan fingerprint density at radius 2 is 0.567 bits per heavy atom. The molecular formula is C84H161NO5. The molecule has 1 amide bonds.